The van der Waals surface area contributed by atoms with E-state index in [0.717, 1.165) is 38.0 Å². The number of hydroxylamine groups is 1. The Morgan fingerprint density at radius 3 is 3.09 bits per heavy atom. The zero-order chi connectivity index (χ0) is 15.5. The molecule has 6 heteroatoms. The molecule has 2 N–H and O–H groups in total. The first-order chi connectivity index (χ1) is 10.7. The predicted octanol–water partition coefficient (Wildman–Crippen LogP) is 1.87. The van der Waals surface area contributed by atoms with Crippen molar-refractivity contribution < 1.29 is 19.1 Å². The van der Waals surface area contributed by atoms with E-state index in [0.29, 0.717) is 31.2 Å². The van der Waals surface area contributed by atoms with Gasteiger partial charge in [-0.05, 0) is 43.4 Å². The van der Waals surface area contributed by atoms with Crippen LogP contribution in [0.15, 0.2) is 12.1 Å². The van der Waals surface area contributed by atoms with Crippen molar-refractivity contribution >= 4 is 5.91 Å². The minimum absolute atomic E-state index is 0.157. The first-order valence-corrected chi connectivity index (χ1v) is 7.76. The van der Waals surface area contributed by atoms with Crippen molar-refractivity contribution in [1.29, 1.82) is 0 Å². The second-order valence-corrected chi connectivity index (χ2v) is 5.98. The van der Waals surface area contributed by atoms with Crippen molar-refractivity contribution in [3.8, 4) is 0 Å². The summed E-state index contributed by atoms with van der Waals surface area (Å²) in [4.78, 5) is 13.7. The number of amides is 1. The maximum Gasteiger partial charge on any atom is 0.274 e. The number of halogens is 1. The van der Waals surface area contributed by atoms with Crippen LogP contribution in [-0.4, -0.2) is 41.8 Å². The highest BCUT2D eigenvalue weighted by Crippen LogP contribution is 2.27. The van der Waals surface area contributed by atoms with Crippen LogP contribution in [0.3, 0.4) is 0 Å². The van der Waals surface area contributed by atoms with E-state index in [1.165, 1.54) is 6.07 Å². The molecule has 0 radical (unpaired) electrons. The van der Waals surface area contributed by atoms with Crippen LogP contribution in [0.25, 0.3) is 0 Å². The minimum Gasteiger partial charge on any atom is -0.380 e. The number of carbonyl (C=O) groups is 1. The van der Waals surface area contributed by atoms with Crippen LogP contribution in [0.2, 0.25) is 0 Å². The molecule has 1 unspecified atom stereocenters. The number of rotatable bonds is 2. The quantitative estimate of drug-likeness (QED) is 0.647. The summed E-state index contributed by atoms with van der Waals surface area (Å²) in [7, 11) is 0. The van der Waals surface area contributed by atoms with Crippen LogP contribution in [0.5, 0.6) is 0 Å². The predicted molar refractivity (Wildman–Crippen MR) is 78.2 cm³/mol. The molecule has 2 heterocycles. The van der Waals surface area contributed by atoms with Gasteiger partial charge >= 0.3 is 0 Å². The largest absolute Gasteiger partial charge is 0.380 e. The molecule has 1 fully saturated rings. The molecule has 1 saturated heterocycles. The molecule has 0 aromatic heterocycles. The van der Waals surface area contributed by atoms with E-state index in [2.05, 4.69) is 4.90 Å². The fraction of sp³-hybridized carbons (Fsp3) is 0.562. The Hall–Kier alpha value is -1.50. The molecule has 1 aromatic carbocycles. The second-order valence-electron chi connectivity index (χ2n) is 5.98. The zero-order valence-corrected chi connectivity index (χ0v) is 12.5. The maximum atomic E-state index is 14.3. The Balaban J connectivity index is 1.79. The van der Waals surface area contributed by atoms with Crippen LogP contribution in [0.1, 0.15) is 40.7 Å². The molecule has 5 nitrogen and oxygen atoms in total. The van der Waals surface area contributed by atoms with Crippen molar-refractivity contribution in [2.24, 2.45) is 0 Å². The lowest BCUT2D eigenvalue weighted by molar-refractivity contribution is 0.0654. The molecule has 1 atom stereocenters. The summed E-state index contributed by atoms with van der Waals surface area (Å²) in [6.45, 7) is 2.91. The first kappa shape index (κ1) is 15.4. The van der Waals surface area contributed by atoms with E-state index < -0.39 is 5.91 Å². The molecule has 3 rings (SSSR count). The van der Waals surface area contributed by atoms with Crippen LogP contribution in [-0.2, 0) is 17.7 Å². The number of hydrogen-bond acceptors (Lipinski definition) is 4. The number of carbonyl (C=O) groups excluding carboxylic acids is 1. The molecule has 1 amide bonds. The van der Waals surface area contributed by atoms with Crippen LogP contribution in [0.4, 0.5) is 4.39 Å². The Kier molecular flexibility index (Phi) is 4.71. The Morgan fingerprint density at radius 2 is 2.27 bits per heavy atom. The molecule has 2 aliphatic rings. The number of benzene rings is 1. The Bertz CT molecular complexity index is 557. The van der Waals surface area contributed by atoms with Crippen molar-refractivity contribution in [3.05, 3.63) is 34.6 Å². The molecule has 0 saturated carbocycles. The zero-order valence-electron chi connectivity index (χ0n) is 12.5. The molecule has 0 aliphatic carbocycles. The summed E-state index contributed by atoms with van der Waals surface area (Å²) in [5.41, 5.74) is 3.22. The fourth-order valence-electron chi connectivity index (χ4n) is 3.32. The number of ether oxygens (including phenoxy) is 1. The van der Waals surface area contributed by atoms with Crippen molar-refractivity contribution in [2.45, 2.75) is 38.3 Å². The summed E-state index contributed by atoms with van der Waals surface area (Å²) in [5, 5.41) is 8.68. The summed E-state index contributed by atoms with van der Waals surface area (Å²) in [6.07, 6.45) is 4.03. The highest BCUT2D eigenvalue weighted by atomic mass is 19.1. The molecule has 2 aliphatic heterocycles. The van der Waals surface area contributed by atoms with Gasteiger partial charge in [-0.1, -0.05) is 0 Å². The van der Waals surface area contributed by atoms with Crippen LogP contribution < -0.4 is 5.48 Å². The van der Waals surface area contributed by atoms with Gasteiger partial charge in [0.2, 0.25) is 0 Å². The van der Waals surface area contributed by atoms with Gasteiger partial charge in [0.05, 0.1) is 6.61 Å². The third-order valence-electron chi connectivity index (χ3n) is 4.58. The van der Waals surface area contributed by atoms with Gasteiger partial charge in [-0.3, -0.25) is 14.9 Å². The van der Waals surface area contributed by atoms with E-state index in [1.54, 1.807) is 11.5 Å². The third kappa shape index (κ3) is 3.14. The lowest BCUT2D eigenvalue weighted by atomic mass is 9.94. The van der Waals surface area contributed by atoms with E-state index in [9.17, 15) is 9.18 Å². The number of hydrogen-bond donors (Lipinski definition) is 2. The van der Waals surface area contributed by atoms with Gasteiger partial charge in [-0.25, -0.2) is 9.87 Å². The fourth-order valence-corrected chi connectivity index (χ4v) is 3.32. The lowest BCUT2D eigenvalue weighted by Gasteiger charge is -2.35. The average Bonchev–Trinajstić information content (AvgIpc) is 2.83. The van der Waals surface area contributed by atoms with E-state index in [4.69, 9.17) is 9.94 Å². The number of fused-ring (bicyclic) bond motifs is 1. The second kappa shape index (κ2) is 6.73. The molecular weight excluding hydrogens is 287 g/mol. The smallest absolute Gasteiger partial charge is 0.274 e. The minimum atomic E-state index is -0.679. The third-order valence-corrected chi connectivity index (χ3v) is 4.58. The van der Waals surface area contributed by atoms with Crippen molar-refractivity contribution in [2.75, 3.05) is 19.8 Å². The van der Waals surface area contributed by atoms with E-state index in [1.807, 2.05) is 0 Å². The first-order valence-electron chi connectivity index (χ1n) is 7.76. The van der Waals surface area contributed by atoms with Gasteiger partial charge in [0.15, 0.2) is 0 Å². The van der Waals surface area contributed by atoms with E-state index in [-0.39, 0.29) is 11.4 Å². The lowest BCUT2D eigenvalue weighted by Crippen LogP contribution is -2.42. The van der Waals surface area contributed by atoms with Gasteiger partial charge in [0.1, 0.15) is 5.82 Å². The van der Waals surface area contributed by atoms with Gasteiger partial charge in [-0.15, -0.1) is 0 Å². The number of nitrogens with one attached hydrogen (secondary N) is 1. The standard InChI is InChI=1S/C16H21FN2O3/c17-15-8-12(16(20)18-21)7-11-4-5-19(9-14(11)15)13-3-1-2-6-22-10-13/h7-8,13,21H,1-6,9-10H2,(H,18,20). The van der Waals surface area contributed by atoms with Gasteiger partial charge in [0.25, 0.3) is 5.91 Å². The molecule has 0 bridgehead atoms. The van der Waals surface area contributed by atoms with E-state index >= 15 is 0 Å². The van der Waals surface area contributed by atoms with Crippen LogP contribution in [0, 0.1) is 5.82 Å². The van der Waals surface area contributed by atoms with Gasteiger partial charge in [0, 0.05) is 36.9 Å². The topological polar surface area (TPSA) is 61.8 Å². The molecular formula is C16H21FN2O3. The SMILES string of the molecule is O=C(NO)c1cc(F)c2c(c1)CCN(C1CCCCOC1)C2. The summed E-state index contributed by atoms with van der Waals surface area (Å²) in [6, 6.07) is 3.21. The Morgan fingerprint density at radius 1 is 1.41 bits per heavy atom. The summed E-state index contributed by atoms with van der Waals surface area (Å²) in [5.74, 6) is -1.06. The molecule has 22 heavy (non-hydrogen) atoms. The molecule has 0 spiro atoms. The van der Waals surface area contributed by atoms with Crippen molar-refractivity contribution in [3.63, 3.8) is 0 Å². The van der Waals surface area contributed by atoms with Gasteiger partial charge < -0.3 is 4.74 Å². The Labute approximate surface area is 129 Å². The van der Waals surface area contributed by atoms with Gasteiger partial charge in [-0.2, -0.15) is 0 Å². The molecule has 1 aromatic rings. The average molecular weight is 308 g/mol. The summed E-state index contributed by atoms with van der Waals surface area (Å²) < 4.78 is 20.0. The van der Waals surface area contributed by atoms with Crippen LogP contribution >= 0.6 is 0 Å². The number of nitrogens with zero attached hydrogens (tertiary/aromatic N) is 1. The molecule has 120 valence electrons. The highest BCUT2D eigenvalue weighted by Gasteiger charge is 2.27. The normalized spacial score (nSPS) is 22.7. The maximum absolute atomic E-state index is 14.3. The summed E-state index contributed by atoms with van der Waals surface area (Å²) >= 11 is 0. The van der Waals surface area contributed by atoms with Crippen molar-refractivity contribution in [1.82, 2.24) is 10.4 Å². The monoisotopic (exact) mass is 308 g/mol. The highest BCUT2D eigenvalue weighted by molar-refractivity contribution is 5.93.